The van der Waals surface area contributed by atoms with Gasteiger partial charge >= 0.3 is 0 Å². The highest BCUT2D eigenvalue weighted by Gasteiger charge is 1.94. The summed E-state index contributed by atoms with van der Waals surface area (Å²) in [7, 11) is 0. The molecule has 0 saturated heterocycles. The highest BCUT2D eigenvalue weighted by atomic mass is 32.1. The van der Waals surface area contributed by atoms with E-state index in [9.17, 15) is 0 Å². The van der Waals surface area contributed by atoms with Crippen molar-refractivity contribution in [3.63, 3.8) is 0 Å². The molecule has 0 aliphatic carbocycles. The zero-order valence-corrected chi connectivity index (χ0v) is 6.82. The van der Waals surface area contributed by atoms with Crippen molar-refractivity contribution < 1.29 is 0 Å². The van der Waals surface area contributed by atoms with Gasteiger partial charge in [-0.15, -0.1) is 0 Å². The van der Waals surface area contributed by atoms with E-state index in [0.29, 0.717) is 11.4 Å². The molecule has 0 bridgehead atoms. The summed E-state index contributed by atoms with van der Waals surface area (Å²) in [4.78, 5) is 6.38. The summed E-state index contributed by atoms with van der Waals surface area (Å²) in [5.74, 6) is 0. The largest absolute Gasteiger partial charge is 0.194 e. The summed E-state index contributed by atoms with van der Waals surface area (Å²) in [6.45, 7) is 0. The smallest absolute Gasteiger partial charge is 0.0835 e. The number of nitrogens with zero attached hydrogens (tertiary/aromatic N) is 4. The first-order valence-corrected chi connectivity index (χ1v) is 3.51. The second-order valence-corrected chi connectivity index (χ2v) is 2.06. The van der Waals surface area contributed by atoms with Crippen LogP contribution in [0.4, 0.5) is 11.4 Å². The Labute approximate surface area is 74.2 Å². The Bertz CT molecular complexity index is 338. The molecule has 1 aromatic rings. The topological polar surface area (TPSA) is 61.1 Å². The van der Waals surface area contributed by atoms with E-state index in [1.165, 1.54) is 0 Å². The molecule has 0 fully saturated rings. The lowest BCUT2D eigenvalue weighted by atomic mass is 10.3. The summed E-state index contributed by atoms with van der Waals surface area (Å²) in [6, 6.07) is 6.89. The molecule has 0 aliphatic heterocycles. The fourth-order valence-electron chi connectivity index (χ4n) is 0.741. The summed E-state index contributed by atoms with van der Waals surface area (Å²) in [6.07, 6.45) is 0. The quantitative estimate of drug-likeness (QED) is 0.224. The number of isothiocyanates is 1. The Morgan fingerprint density at radius 3 is 2.58 bits per heavy atom. The van der Waals surface area contributed by atoms with Crippen molar-refractivity contribution in [2.75, 3.05) is 0 Å². The van der Waals surface area contributed by atoms with E-state index < -0.39 is 0 Å². The minimum Gasteiger partial charge on any atom is -0.194 e. The van der Waals surface area contributed by atoms with Crippen molar-refractivity contribution in [3.05, 3.63) is 34.7 Å². The van der Waals surface area contributed by atoms with E-state index in [0.717, 1.165) is 0 Å². The Morgan fingerprint density at radius 1 is 1.33 bits per heavy atom. The number of azide groups is 1. The zero-order chi connectivity index (χ0) is 8.81. The van der Waals surface area contributed by atoms with E-state index in [2.05, 4.69) is 32.4 Å². The van der Waals surface area contributed by atoms with Gasteiger partial charge in [-0.3, -0.25) is 0 Å². The number of benzene rings is 1. The molecule has 12 heavy (non-hydrogen) atoms. The SMILES string of the molecule is [N-]=[N+]=Nc1ccccc1N=C=S. The first kappa shape index (κ1) is 8.43. The third kappa shape index (κ3) is 1.90. The van der Waals surface area contributed by atoms with Crippen LogP contribution in [-0.2, 0) is 0 Å². The predicted molar refractivity (Wildman–Crippen MR) is 49.9 cm³/mol. The Morgan fingerprint density at radius 2 is 2.00 bits per heavy atom. The highest BCUT2D eigenvalue weighted by molar-refractivity contribution is 7.78. The first-order chi connectivity index (χ1) is 5.88. The van der Waals surface area contributed by atoms with Crippen molar-refractivity contribution >= 4 is 28.8 Å². The number of aliphatic imine (C=N–C) groups is 1. The molecule has 58 valence electrons. The normalized spacial score (nSPS) is 8.00. The summed E-state index contributed by atoms with van der Waals surface area (Å²) >= 11 is 4.43. The second-order valence-electron chi connectivity index (χ2n) is 1.88. The Balaban J connectivity index is 3.25. The lowest BCUT2D eigenvalue weighted by molar-refractivity contribution is 1.43. The van der Waals surface area contributed by atoms with Crippen molar-refractivity contribution in [1.82, 2.24) is 0 Å². The van der Waals surface area contributed by atoms with Crippen molar-refractivity contribution in [1.29, 1.82) is 0 Å². The minimum absolute atomic E-state index is 0.456. The van der Waals surface area contributed by atoms with Gasteiger partial charge in [0.15, 0.2) is 0 Å². The molecule has 0 N–H and O–H groups in total. The van der Waals surface area contributed by atoms with Gasteiger partial charge in [-0.25, -0.2) is 0 Å². The van der Waals surface area contributed by atoms with Gasteiger partial charge in [0.05, 0.1) is 16.5 Å². The van der Waals surface area contributed by atoms with Gasteiger partial charge in [-0.2, -0.15) is 4.99 Å². The lowest BCUT2D eigenvalue weighted by Gasteiger charge is -1.93. The summed E-state index contributed by atoms with van der Waals surface area (Å²) < 4.78 is 0. The van der Waals surface area contributed by atoms with Crippen LogP contribution in [0.5, 0.6) is 0 Å². The number of rotatable bonds is 2. The van der Waals surface area contributed by atoms with E-state index in [4.69, 9.17) is 5.53 Å². The highest BCUT2D eigenvalue weighted by Crippen LogP contribution is 2.26. The average molecular weight is 176 g/mol. The molecular weight excluding hydrogens is 172 g/mol. The fraction of sp³-hybridized carbons (Fsp3) is 0. The van der Waals surface area contributed by atoms with Crippen molar-refractivity contribution in [3.8, 4) is 0 Å². The standard InChI is InChI=1S/C7H4N4S/c8-11-10-7-4-2-1-3-6(7)9-5-12/h1-4H. The van der Waals surface area contributed by atoms with Crippen LogP contribution in [0.3, 0.4) is 0 Å². The van der Waals surface area contributed by atoms with Crippen LogP contribution < -0.4 is 0 Å². The van der Waals surface area contributed by atoms with Gasteiger partial charge in [-0.05, 0) is 23.8 Å². The molecule has 0 amide bonds. The maximum absolute atomic E-state index is 8.18. The molecule has 1 aromatic carbocycles. The van der Waals surface area contributed by atoms with Crippen LogP contribution in [0.1, 0.15) is 0 Å². The van der Waals surface area contributed by atoms with Crippen LogP contribution in [0.15, 0.2) is 34.4 Å². The number of hydrogen-bond donors (Lipinski definition) is 0. The molecule has 0 atom stereocenters. The molecule has 4 nitrogen and oxygen atoms in total. The van der Waals surface area contributed by atoms with Crippen LogP contribution in [0.25, 0.3) is 10.4 Å². The van der Waals surface area contributed by atoms with Crippen LogP contribution >= 0.6 is 12.2 Å². The summed E-state index contributed by atoms with van der Waals surface area (Å²) in [5.41, 5.74) is 9.17. The van der Waals surface area contributed by atoms with E-state index >= 15 is 0 Å². The molecule has 0 heterocycles. The molecular formula is C7H4N4S. The van der Waals surface area contributed by atoms with Gasteiger partial charge in [0.1, 0.15) is 0 Å². The molecule has 0 spiro atoms. The molecule has 0 aliphatic rings. The van der Waals surface area contributed by atoms with Gasteiger partial charge < -0.3 is 0 Å². The van der Waals surface area contributed by atoms with Gasteiger partial charge in [0.2, 0.25) is 0 Å². The predicted octanol–water partition coefficient (Wildman–Crippen LogP) is 3.36. The lowest BCUT2D eigenvalue weighted by Crippen LogP contribution is -1.64. The van der Waals surface area contributed by atoms with Crippen molar-refractivity contribution in [2.24, 2.45) is 10.1 Å². The maximum atomic E-state index is 8.18. The number of hydrogen-bond acceptors (Lipinski definition) is 3. The molecule has 0 unspecified atom stereocenters. The first-order valence-electron chi connectivity index (χ1n) is 3.10. The summed E-state index contributed by atoms with van der Waals surface area (Å²) in [5, 5.41) is 5.63. The van der Waals surface area contributed by atoms with Gasteiger partial charge in [-0.1, -0.05) is 23.3 Å². The van der Waals surface area contributed by atoms with Crippen molar-refractivity contribution in [2.45, 2.75) is 0 Å². The fourth-order valence-corrected chi connectivity index (χ4v) is 0.839. The second kappa shape index (κ2) is 4.26. The Kier molecular flexibility index (Phi) is 2.99. The minimum atomic E-state index is 0.456. The van der Waals surface area contributed by atoms with Crippen LogP contribution in [-0.4, -0.2) is 5.16 Å². The Hall–Kier alpha value is -1.67. The van der Waals surface area contributed by atoms with E-state index in [1.807, 2.05) is 0 Å². The monoisotopic (exact) mass is 176 g/mol. The van der Waals surface area contributed by atoms with Crippen LogP contribution in [0, 0.1) is 0 Å². The number of thiocarbonyl (C=S) groups is 1. The van der Waals surface area contributed by atoms with Gasteiger partial charge in [0.25, 0.3) is 0 Å². The molecule has 0 aromatic heterocycles. The molecule has 1 rings (SSSR count). The average Bonchev–Trinajstić information content (AvgIpc) is 2.09. The van der Waals surface area contributed by atoms with E-state index in [-0.39, 0.29) is 0 Å². The van der Waals surface area contributed by atoms with Gasteiger partial charge in [0, 0.05) is 4.91 Å². The molecule has 0 radical (unpaired) electrons. The number of para-hydroxylation sites is 1. The van der Waals surface area contributed by atoms with E-state index in [1.54, 1.807) is 24.3 Å². The third-order valence-electron chi connectivity index (χ3n) is 1.20. The molecule has 0 saturated carbocycles. The maximum Gasteiger partial charge on any atom is 0.0835 e. The third-order valence-corrected chi connectivity index (χ3v) is 1.29. The van der Waals surface area contributed by atoms with Crippen LogP contribution in [0.2, 0.25) is 0 Å². The molecule has 5 heteroatoms. The zero-order valence-electron chi connectivity index (χ0n) is 6.01.